The molecule has 4 aromatic carbocycles. The van der Waals surface area contributed by atoms with Gasteiger partial charge in [-0.1, -0.05) is 129 Å². The predicted molar refractivity (Wildman–Crippen MR) is 295 cm³/mol. The van der Waals surface area contributed by atoms with Crippen molar-refractivity contribution in [2.24, 2.45) is 23.1 Å². The second kappa shape index (κ2) is 26.7. The predicted octanol–water partition coefficient (Wildman–Crippen LogP) is 4.84. The molecule has 8 rings (SSSR count). The van der Waals surface area contributed by atoms with E-state index in [-0.39, 0.29) is 38.0 Å². The fraction of sp³-hybridized carbons (Fsp3) is 0.362. The number of aromatic nitrogens is 3. The lowest BCUT2D eigenvalue weighted by atomic mass is 9.84. The van der Waals surface area contributed by atoms with E-state index in [1.165, 1.54) is 11.3 Å². The minimum Gasteiger partial charge on any atom is -0.368 e. The Hall–Kier alpha value is -7.67. The normalized spacial score (nSPS) is 15.2. The number of rotatable bonds is 26. The van der Waals surface area contributed by atoms with Crippen LogP contribution in [0, 0.1) is 5.92 Å². The molecule has 6 amide bonds. The fourth-order valence-electron chi connectivity index (χ4n) is 10.1. The van der Waals surface area contributed by atoms with E-state index in [0.29, 0.717) is 31.6 Å². The number of carbonyl (C=O) groups is 6. The van der Waals surface area contributed by atoms with Crippen LogP contribution in [-0.2, 0) is 61.0 Å². The van der Waals surface area contributed by atoms with Gasteiger partial charge in [-0.3, -0.25) is 28.8 Å². The number of H-pyrrole nitrogens is 1. The van der Waals surface area contributed by atoms with Crippen LogP contribution in [0.2, 0.25) is 0 Å². The van der Waals surface area contributed by atoms with Gasteiger partial charge in [0.25, 0.3) is 0 Å². The summed E-state index contributed by atoms with van der Waals surface area (Å²) in [6, 6.07) is 27.6. The average Bonchev–Trinajstić information content (AvgIpc) is 4.18. The molecule has 0 radical (unpaired) electrons. The van der Waals surface area contributed by atoms with E-state index < -0.39 is 71.7 Å². The number of carbonyl (C=O) groups excluding carboxylic acids is 6. The number of nitrogens with two attached hydrogens (primary N) is 3. The van der Waals surface area contributed by atoms with Gasteiger partial charge in [-0.25, -0.2) is 4.98 Å². The number of aromatic amines is 1. The van der Waals surface area contributed by atoms with E-state index >= 15 is 9.59 Å². The summed E-state index contributed by atoms with van der Waals surface area (Å²) in [5, 5.41) is 18.4. The maximum Gasteiger partial charge on any atom is 0.243 e. The van der Waals surface area contributed by atoms with Gasteiger partial charge in [0.1, 0.15) is 30.2 Å². The van der Waals surface area contributed by atoms with Crippen LogP contribution in [0.15, 0.2) is 133 Å². The van der Waals surface area contributed by atoms with Crippen LogP contribution in [0.1, 0.15) is 79.3 Å². The summed E-state index contributed by atoms with van der Waals surface area (Å²) in [4.78, 5) is 93.7. The summed E-state index contributed by atoms with van der Waals surface area (Å²) in [6.45, 7) is 0.898. The summed E-state index contributed by atoms with van der Waals surface area (Å²) < 4.78 is 2.86. The first-order valence-electron chi connectivity index (χ1n) is 26.3. The molecule has 1 aliphatic carbocycles. The van der Waals surface area contributed by atoms with Crippen LogP contribution in [-0.4, -0.2) is 92.8 Å². The first-order valence-corrected chi connectivity index (χ1v) is 27.1. The topological polar surface area (TPSA) is 274 Å². The smallest absolute Gasteiger partial charge is 0.243 e. The van der Waals surface area contributed by atoms with E-state index in [1.54, 1.807) is 18.7 Å². The molecule has 12 N–H and O–H groups in total. The average molecular weight is 1050 g/mol. The lowest BCUT2D eigenvalue weighted by molar-refractivity contribution is -0.135. The Kier molecular flexibility index (Phi) is 19.2. The molecule has 1 saturated carbocycles. The molecule has 0 unspecified atom stereocenters. The van der Waals surface area contributed by atoms with Gasteiger partial charge in [0.2, 0.25) is 35.4 Å². The summed E-state index contributed by atoms with van der Waals surface area (Å²) in [6.07, 6.45) is 11.3. The van der Waals surface area contributed by atoms with Gasteiger partial charge >= 0.3 is 0 Å². The van der Waals surface area contributed by atoms with Gasteiger partial charge < -0.3 is 53.3 Å². The van der Waals surface area contributed by atoms with Crippen molar-refractivity contribution in [3.63, 3.8) is 0 Å². The molecule has 17 nitrogen and oxygen atoms in total. The van der Waals surface area contributed by atoms with Crippen LogP contribution in [0.4, 0.5) is 0 Å². The molecule has 0 saturated heterocycles. The van der Waals surface area contributed by atoms with Crippen molar-refractivity contribution >= 4 is 67.8 Å². The van der Waals surface area contributed by atoms with Crippen molar-refractivity contribution in [3.8, 4) is 0 Å². The highest BCUT2D eigenvalue weighted by Gasteiger charge is 2.35. The van der Waals surface area contributed by atoms with Crippen LogP contribution in [0.25, 0.3) is 21.0 Å². The van der Waals surface area contributed by atoms with Gasteiger partial charge in [-0.05, 0) is 76.9 Å². The lowest BCUT2D eigenvalue weighted by Gasteiger charge is -2.30. The minimum atomic E-state index is -1.25. The zero-order valence-electron chi connectivity index (χ0n) is 42.6. The largest absolute Gasteiger partial charge is 0.368 e. The molecule has 18 heteroatoms. The Labute approximate surface area is 446 Å². The first kappa shape index (κ1) is 54.6. The van der Waals surface area contributed by atoms with E-state index in [2.05, 4.69) is 36.6 Å². The van der Waals surface area contributed by atoms with Crippen molar-refractivity contribution in [3.05, 3.63) is 161 Å². The molecular weight excluding hydrogens is 979 g/mol. The summed E-state index contributed by atoms with van der Waals surface area (Å²) >= 11 is 1.51. The van der Waals surface area contributed by atoms with E-state index in [9.17, 15) is 19.2 Å². The molecule has 3 heterocycles. The number of hydrogen-bond donors (Lipinski definition) is 9. The third-order valence-electron chi connectivity index (χ3n) is 14.2. The highest BCUT2D eigenvalue weighted by molar-refractivity contribution is 7.17. The number of fused-ring (bicyclic) bond motifs is 2. The monoisotopic (exact) mass is 1050 g/mol. The summed E-state index contributed by atoms with van der Waals surface area (Å²) in [5.74, 6) is -3.71. The van der Waals surface area contributed by atoms with Crippen molar-refractivity contribution in [1.82, 2.24) is 41.1 Å². The number of para-hydroxylation sites is 1. The maximum atomic E-state index is 15.1. The SMILES string of the molecule is NCCC[C@H](N)C(=O)N[C@H](Cc1c[nH]c2ccccc12)C(=O)N[C@@H](CC1CCCCC1)C(=O)N[C@@H](Cc1csc2ccccc12)C(=O)N[C@H](Cc1ccccc1)C(=O)N[C@@H](Cc1cn(Cc2ccccc2)cn1)C(N)=O. The highest BCUT2D eigenvalue weighted by Crippen LogP contribution is 2.29. The Morgan fingerprint density at radius 1 is 0.632 bits per heavy atom. The van der Waals surface area contributed by atoms with Gasteiger partial charge in [0.15, 0.2) is 0 Å². The van der Waals surface area contributed by atoms with E-state index in [0.717, 1.165) is 75.3 Å². The van der Waals surface area contributed by atoms with Gasteiger partial charge in [0.05, 0.1) is 18.1 Å². The Balaban J connectivity index is 1.06. The number of primary amides is 1. The van der Waals surface area contributed by atoms with Gasteiger partial charge in [-0.2, -0.15) is 0 Å². The maximum absolute atomic E-state index is 15.1. The first-order chi connectivity index (χ1) is 36.9. The number of amides is 6. The molecule has 3 aromatic heterocycles. The molecular formula is C58H69N11O6S. The van der Waals surface area contributed by atoms with Crippen LogP contribution < -0.4 is 43.8 Å². The lowest BCUT2D eigenvalue weighted by Crippen LogP contribution is -2.60. The molecule has 398 valence electrons. The Morgan fingerprint density at radius 2 is 1.20 bits per heavy atom. The molecule has 6 atom stereocenters. The highest BCUT2D eigenvalue weighted by atomic mass is 32.1. The summed E-state index contributed by atoms with van der Waals surface area (Å²) in [7, 11) is 0. The minimum absolute atomic E-state index is 0.000287. The quantitative estimate of drug-likeness (QED) is 0.0359. The zero-order valence-corrected chi connectivity index (χ0v) is 43.4. The number of thiophene rings is 1. The number of hydrogen-bond acceptors (Lipinski definition) is 10. The molecule has 0 bridgehead atoms. The zero-order chi connectivity index (χ0) is 53.4. The number of imidazole rings is 1. The molecule has 76 heavy (non-hydrogen) atoms. The molecule has 1 fully saturated rings. The third-order valence-corrected chi connectivity index (χ3v) is 15.2. The van der Waals surface area contributed by atoms with Crippen molar-refractivity contribution in [2.75, 3.05) is 6.54 Å². The van der Waals surface area contributed by atoms with E-state index in [1.807, 2.05) is 119 Å². The third kappa shape index (κ3) is 15.0. The number of nitrogens with one attached hydrogen (secondary N) is 6. The summed E-state index contributed by atoms with van der Waals surface area (Å²) in [5.41, 5.74) is 22.7. The fourth-order valence-corrected chi connectivity index (χ4v) is 11.0. The molecule has 0 spiro atoms. The van der Waals surface area contributed by atoms with Crippen LogP contribution >= 0.6 is 11.3 Å². The van der Waals surface area contributed by atoms with Gasteiger partial charge in [-0.15, -0.1) is 11.3 Å². The molecule has 1 aliphatic rings. The van der Waals surface area contributed by atoms with Crippen LogP contribution in [0.5, 0.6) is 0 Å². The standard InChI is InChI=1S/C58H69N11O6S/c59-26-14-23-45(60)54(71)65-50(29-40-32-62-46-24-12-10-21-43(40)46)57(74)67-49(28-38-17-6-2-7-18-38)56(73)68-51(30-41-35-76-52-25-13-11-22-44(41)52)58(75)66-48(27-37-15-4-1-5-16-37)55(72)64-47(53(61)70)31-42-34-69(36-63-42)33-39-19-8-3-9-20-39/h1,3-5,8-13,15-16,19-22,24-25,32,34-36,38,45,47-51,62H,2,6-7,14,17-18,23,26-31,33,59-60H2,(H2,61,70)(H,64,72)(H,65,71)(H,66,75)(H,67,74)(H,68,73)/t45-,47-,48+,49-,50+,51-/m0/s1. The molecule has 7 aromatic rings. The second-order valence-corrected chi connectivity index (χ2v) is 20.8. The molecule has 0 aliphatic heterocycles. The van der Waals surface area contributed by atoms with Crippen molar-refractivity contribution in [2.45, 2.75) is 120 Å². The van der Waals surface area contributed by atoms with Gasteiger partial charge in [0, 0.05) is 60.2 Å². The van der Waals surface area contributed by atoms with Crippen molar-refractivity contribution in [1.29, 1.82) is 0 Å². The number of nitrogens with zero attached hydrogens (tertiary/aromatic N) is 2. The van der Waals surface area contributed by atoms with Crippen molar-refractivity contribution < 1.29 is 28.8 Å². The second-order valence-electron chi connectivity index (χ2n) is 19.9. The van der Waals surface area contributed by atoms with E-state index in [4.69, 9.17) is 17.2 Å². The number of benzene rings is 4. The Bertz CT molecular complexity index is 3060. The Morgan fingerprint density at radius 3 is 1.88 bits per heavy atom. The van der Waals surface area contributed by atoms with Crippen LogP contribution in [0.3, 0.4) is 0 Å².